The van der Waals surface area contributed by atoms with Crippen molar-refractivity contribution in [3.05, 3.63) is 57.0 Å². The Labute approximate surface area is 128 Å². The zero-order chi connectivity index (χ0) is 14.8. The highest BCUT2D eigenvalue weighted by atomic mass is 35.5. The molecular formula is C16H19ClFNS. The highest BCUT2D eigenvalue weighted by Crippen LogP contribution is 2.29. The molecule has 0 aliphatic rings. The van der Waals surface area contributed by atoms with Gasteiger partial charge in [-0.1, -0.05) is 37.6 Å². The second kappa shape index (κ2) is 6.25. The Bertz CT molecular complexity index is 566. The van der Waals surface area contributed by atoms with Crippen molar-refractivity contribution in [1.29, 1.82) is 0 Å². The molecule has 0 spiro atoms. The van der Waals surface area contributed by atoms with Gasteiger partial charge in [-0.2, -0.15) is 0 Å². The number of benzene rings is 1. The van der Waals surface area contributed by atoms with Gasteiger partial charge in [-0.25, -0.2) is 4.39 Å². The second-order valence-electron chi connectivity index (χ2n) is 5.63. The number of halogens is 2. The predicted octanol–water partition coefficient (Wildman–Crippen LogP) is 5.17. The predicted molar refractivity (Wildman–Crippen MR) is 85.2 cm³/mol. The van der Waals surface area contributed by atoms with E-state index in [1.165, 1.54) is 17.0 Å². The van der Waals surface area contributed by atoms with Gasteiger partial charge in [0.2, 0.25) is 0 Å². The van der Waals surface area contributed by atoms with Crippen LogP contribution in [-0.2, 0) is 5.41 Å². The van der Waals surface area contributed by atoms with Gasteiger partial charge in [0.25, 0.3) is 0 Å². The van der Waals surface area contributed by atoms with Gasteiger partial charge < -0.3 is 5.32 Å². The van der Waals surface area contributed by atoms with Crippen LogP contribution in [0.15, 0.2) is 35.7 Å². The molecule has 1 aromatic carbocycles. The first-order valence-corrected chi connectivity index (χ1v) is 7.88. The van der Waals surface area contributed by atoms with E-state index in [2.05, 4.69) is 36.7 Å². The summed E-state index contributed by atoms with van der Waals surface area (Å²) in [6.07, 6.45) is 0. The molecule has 1 atom stereocenters. The third-order valence-electron chi connectivity index (χ3n) is 3.47. The Morgan fingerprint density at radius 1 is 1.35 bits per heavy atom. The van der Waals surface area contributed by atoms with Gasteiger partial charge in [-0.05, 0) is 36.1 Å². The molecule has 4 heteroatoms. The molecule has 1 nitrogen and oxygen atoms in total. The number of hydrogen-bond acceptors (Lipinski definition) is 2. The quantitative estimate of drug-likeness (QED) is 0.803. The van der Waals surface area contributed by atoms with Crippen LogP contribution in [0.5, 0.6) is 0 Å². The van der Waals surface area contributed by atoms with E-state index in [-0.39, 0.29) is 17.3 Å². The minimum atomic E-state index is -0.301. The Hall–Kier alpha value is -0.900. The van der Waals surface area contributed by atoms with Crippen molar-refractivity contribution in [1.82, 2.24) is 5.32 Å². The van der Waals surface area contributed by atoms with Crippen molar-refractivity contribution in [2.45, 2.75) is 32.2 Å². The van der Waals surface area contributed by atoms with Gasteiger partial charge in [0.1, 0.15) is 5.82 Å². The van der Waals surface area contributed by atoms with Crippen LogP contribution in [0.3, 0.4) is 0 Å². The molecule has 2 rings (SSSR count). The fourth-order valence-corrected chi connectivity index (χ4v) is 3.30. The average molecular weight is 312 g/mol. The van der Waals surface area contributed by atoms with Crippen molar-refractivity contribution in [2.24, 2.45) is 0 Å². The summed E-state index contributed by atoms with van der Waals surface area (Å²) in [4.78, 5) is 1.35. The fourth-order valence-electron chi connectivity index (χ4n) is 2.12. The Morgan fingerprint density at radius 2 is 2.10 bits per heavy atom. The Morgan fingerprint density at radius 3 is 2.70 bits per heavy atom. The third-order valence-corrected chi connectivity index (χ3v) is 5.03. The van der Waals surface area contributed by atoms with Crippen molar-refractivity contribution < 1.29 is 4.39 Å². The van der Waals surface area contributed by atoms with Gasteiger partial charge in [-0.3, -0.25) is 0 Å². The summed E-state index contributed by atoms with van der Waals surface area (Å²) >= 11 is 7.86. The first-order valence-electron chi connectivity index (χ1n) is 6.62. The van der Waals surface area contributed by atoms with Crippen LogP contribution in [-0.4, -0.2) is 6.54 Å². The molecule has 0 radical (unpaired) electrons. The molecule has 1 heterocycles. The lowest BCUT2D eigenvalue weighted by molar-refractivity contribution is 0.441. The van der Waals surface area contributed by atoms with Gasteiger partial charge in [0.15, 0.2) is 0 Å². The van der Waals surface area contributed by atoms with Gasteiger partial charge >= 0.3 is 0 Å². The van der Waals surface area contributed by atoms with Crippen molar-refractivity contribution in [2.75, 3.05) is 6.54 Å². The van der Waals surface area contributed by atoms with E-state index in [0.717, 1.165) is 12.1 Å². The number of thiophene rings is 1. The Kier molecular flexibility index (Phi) is 4.84. The maximum atomic E-state index is 13.1. The summed E-state index contributed by atoms with van der Waals surface area (Å²) in [7, 11) is 0. The molecular weight excluding hydrogens is 293 g/mol. The minimum Gasteiger partial charge on any atom is -0.309 e. The molecule has 0 aliphatic carbocycles. The van der Waals surface area contributed by atoms with Gasteiger partial charge in [0, 0.05) is 27.9 Å². The summed E-state index contributed by atoms with van der Waals surface area (Å²) in [6.45, 7) is 7.31. The van der Waals surface area contributed by atoms with Gasteiger partial charge in [-0.15, -0.1) is 11.3 Å². The number of nitrogens with one attached hydrogen (secondary N) is 1. The zero-order valence-electron chi connectivity index (χ0n) is 11.9. The van der Waals surface area contributed by atoms with E-state index >= 15 is 0 Å². The monoisotopic (exact) mass is 311 g/mol. The summed E-state index contributed by atoms with van der Waals surface area (Å²) in [5.74, 6) is -0.301. The number of rotatable bonds is 5. The second-order valence-corrected chi connectivity index (χ2v) is 6.98. The van der Waals surface area contributed by atoms with Crippen LogP contribution in [0.25, 0.3) is 0 Å². The maximum Gasteiger partial charge on any atom is 0.124 e. The smallest absolute Gasteiger partial charge is 0.124 e. The van der Waals surface area contributed by atoms with Crippen LogP contribution in [0, 0.1) is 5.82 Å². The molecule has 108 valence electrons. The SMILES string of the molecule is CC(NCC(C)(C)c1cccs1)c1ccc(F)cc1Cl. The lowest BCUT2D eigenvalue weighted by Crippen LogP contribution is -2.33. The maximum absolute atomic E-state index is 13.1. The lowest BCUT2D eigenvalue weighted by Gasteiger charge is -2.26. The van der Waals surface area contributed by atoms with Crippen LogP contribution in [0.4, 0.5) is 4.39 Å². The van der Waals surface area contributed by atoms with Crippen LogP contribution in [0.1, 0.15) is 37.3 Å². The molecule has 1 N–H and O–H groups in total. The summed E-state index contributed by atoms with van der Waals surface area (Å²) in [5.41, 5.74) is 0.990. The van der Waals surface area contributed by atoms with Crippen LogP contribution in [0.2, 0.25) is 5.02 Å². The van der Waals surface area contributed by atoms with Crippen LogP contribution < -0.4 is 5.32 Å². The van der Waals surface area contributed by atoms with Crippen LogP contribution >= 0.6 is 22.9 Å². The summed E-state index contributed by atoms with van der Waals surface area (Å²) < 4.78 is 13.1. The van der Waals surface area contributed by atoms with E-state index in [4.69, 9.17) is 11.6 Å². The average Bonchev–Trinajstić information content (AvgIpc) is 2.90. The highest BCUT2D eigenvalue weighted by molar-refractivity contribution is 7.10. The van der Waals surface area contributed by atoms with E-state index < -0.39 is 0 Å². The largest absolute Gasteiger partial charge is 0.309 e. The van der Waals surface area contributed by atoms with E-state index in [1.54, 1.807) is 17.4 Å². The minimum absolute atomic E-state index is 0.0644. The first kappa shape index (κ1) is 15.5. The standard InChI is InChI=1S/C16H19ClFNS/c1-11(13-7-6-12(18)9-14(13)17)19-10-16(2,3)15-5-4-8-20-15/h4-9,11,19H,10H2,1-3H3. The Balaban J connectivity index is 2.03. The molecule has 0 aliphatic heterocycles. The molecule has 0 saturated carbocycles. The molecule has 20 heavy (non-hydrogen) atoms. The molecule has 0 saturated heterocycles. The summed E-state index contributed by atoms with van der Waals surface area (Å²) in [5, 5.41) is 6.05. The molecule has 1 unspecified atom stereocenters. The topological polar surface area (TPSA) is 12.0 Å². The number of hydrogen-bond donors (Lipinski definition) is 1. The molecule has 0 bridgehead atoms. The van der Waals surface area contributed by atoms with Gasteiger partial charge in [0.05, 0.1) is 0 Å². The van der Waals surface area contributed by atoms with E-state index in [1.807, 2.05) is 6.92 Å². The molecule has 0 fully saturated rings. The molecule has 0 amide bonds. The van der Waals surface area contributed by atoms with Crippen molar-refractivity contribution in [3.63, 3.8) is 0 Å². The zero-order valence-corrected chi connectivity index (χ0v) is 13.5. The summed E-state index contributed by atoms with van der Waals surface area (Å²) in [6, 6.07) is 8.86. The molecule has 2 aromatic rings. The van der Waals surface area contributed by atoms with Crippen molar-refractivity contribution >= 4 is 22.9 Å². The van der Waals surface area contributed by atoms with Crippen molar-refractivity contribution in [3.8, 4) is 0 Å². The van der Waals surface area contributed by atoms with E-state index in [0.29, 0.717) is 5.02 Å². The normalized spacial score (nSPS) is 13.4. The third kappa shape index (κ3) is 3.60. The molecule has 1 aromatic heterocycles. The first-order chi connectivity index (χ1) is 9.40. The fraction of sp³-hybridized carbons (Fsp3) is 0.375. The van der Waals surface area contributed by atoms with E-state index in [9.17, 15) is 4.39 Å². The highest BCUT2D eigenvalue weighted by Gasteiger charge is 2.22. The lowest BCUT2D eigenvalue weighted by atomic mass is 9.91.